The van der Waals surface area contributed by atoms with Crippen molar-refractivity contribution in [1.29, 1.82) is 0 Å². The summed E-state index contributed by atoms with van der Waals surface area (Å²) in [6.45, 7) is 5.98. The van der Waals surface area contributed by atoms with Crippen molar-refractivity contribution >= 4 is 11.8 Å². The van der Waals surface area contributed by atoms with E-state index in [0.29, 0.717) is 13.1 Å². The number of hydrogen-bond acceptors (Lipinski definition) is 4. The maximum atomic E-state index is 12.4. The lowest BCUT2D eigenvalue weighted by molar-refractivity contribution is -0.139. The van der Waals surface area contributed by atoms with Crippen LogP contribution in [0.2, 0.25) is 0 Å². The van der Waals surface area contributed by atoms with E-state index in [-0.39, 0.29) is 30.3 Å². The first-order valence-corrected chi connectivity index (χ1v) is 7.66. The third-order valence-corrected chi connectivity index (χ3v) is 3.95. The molecule has 6 heteroatoms. The van der Waals surface area contributed by atoms with Crippen molar-refractivity contribution in [1.82, 2.24) is 20.1 Å². The first-order valence-electron chi connectivity index (χ1n) is 7.66. The number of nitrogens with zero attached hydrogens (tertiary/aromatic N) is 3. The Hall–Kier alpha value is -1.95. The fourth-order valence-electron chi connectivity index (χ4n) is 2.70. The van der Waals surface area contributed by atoms with Crippen LogP contribution in [0, 0.1) is 0 Å². The molecule has 1 N–H and O–H groups in total. The van der Waals surface area contributed by atoms with Gasteiger partial charge in [0, 0.05) is 32.4 Å². The van der Waals surface area contributed by atoms with Crippen molar-refractivity contribution in [2.75, 3.05) is 20.1 Å². The van der Waals surface area contributed by atoms with Crippen LogP contribution in [0.1, 0.15) is 26.0 Å². The molecule has 1 fully saturated rings. The lowest BCUT2D eigenvalue weighted by Gasteiger charge is -2.38. The van der Waals surface area contributed by atoms with Gasteiger partial charge < -0.3 is 10.2 Å². The highest BCUT2D eigenvalue weighted by atomic mass is 16.2. The number of hydrogen-bond donors (Lipinski definition) is 1. The quantitative estimate of drug-likeness (QED) is 0.867. The summed E-state index contributed by atoms with van der Waals surface area (Å²) in [6, 6.07) is 5.49. The number of pyridine rings is 1. The number of aromatic nitrogens is 1. The number of piperazine rings is 1. The summed E-state index contributed by atoms with van der Waals surface area (Å²) < 4.78 is 0. The van der Waals surface area contributed by atoms with Crippen LogP contribution < -0.4 is 5.32 Å². The fourth-order valence-corrected chi connectivity index (χ4v) is 2.70. The van der Waals surface area contributed by atoms with Gasteiger partial charge in [-0.3, -0.25) is 19.5 Å². The Bertz CT molecular complexity index is 518. The van der Waals surface area contributed by atoms with Gasteiger partial charge in [0.2, 0.25) is 11.8 Å². The molecule has 0 radical (unpaired) electrons. The predicted molar refractivity (Wildman–Crippen MR) is 84.0 cm³/mol. The van der Waals surface area contributed by atoms with Gasteiger partial charge in [-0.2, -0.15) is 0 Å². The van der Waals surface area contributed by atoms with E-state index >= 15 is 0 Å². The van der Waals surface area contributed by atoms with Gasteiger partial charge in [0.15, 0.2) is 0 Å². The fraction of sp³-hybridized carbons (Fsp3) is 0.562. The molecule has 1 aromatic heterocycles. The third kappa shape index (κ3) is 4.04. The number of rotatable bonds is 5. The molecular formula is C16H24N4O2. The Labute approximate surface area is 131 Å². The van der Waals surface area contributed by atoms with Crippen LogP contribution in [0.15, 0.2) is 24.4 Å². The van der Waals surface area contributed by atoms with Gasteiger partial charge in [0.25, 0.3) is 0 Å². The molecule has 0 aliphatic carbocycles. The second kappa shape index (κ2) is 7.35. The highest BCUT2D eigenvalue weighted by Gasteiger charge is 2.33. The molecule has 22 heavy (non-hydrogen) atoms. The zero-order valence-electron chi connectivity index (χ0n) is 13.5. The van der Waals surface area contributed by atoms with Crippen LogP contribution in [-0.2, 0) is 16.1 Å². The minimum absolute atomic E-state index is 0.0432. The summed E-state index contributed by atoms with van der Waals surface area (Å²) in [5.41, 5.74) is 0.840. The summed E-state index contributed by atoms with van der Waals surface area (Å²) in [5.74, 6) is -0.0992. The number of nitrogens with one attached hydrogen (secondary N) is 1. The van der Waals surface area contributed by atoms with Crippen molar-refractivity contribution in [3.63, 3.8) is 0 Å². The molecule has 1 atom stereocenters. The minimum Gasteiger partial charge on any atom is -0.353 e. The van der Waals surface area contributed by atoms with Crippen LogP contribution in [-0.4, -0.2) is 58.8 Å². The lowest BCUT2D eigenvalue weighted by atomic mass is 10.1. The summed E-state index contributed by atoms with van der Waals surface area (Å²) in [7, 11) is 1.75. The van der Waals surface area contributed by atoms with E-state index in [9.17, 15) is 9.59 Å². The van der Waals surface area contributed by atoms with Gasteiger partial charge in [-0.25, -0.2) is 0 Å². The van der Waals surface area contributed by atoms with Gasteiger partial charge >= 0.3 is 0 Å². The van der Waals surface area contributed by atoms with E-state index in [4.69, 9.17) is 0 Å². The highest BCUT2D eigenvalue weighted by molar-refractivity contribution is 5.88. The average molecular weight is 304 g/mol. The first kappa shape index (κ1) is 16.4. The van der Waals surface area contributed by atoms with Crippen LogP contribution >= 0.6 is 0 Å². The maximum Gasteiger partial charge on any atom is 0.237 e. The predicted octanol–water partition coefficient (Wildman–Crippen LogP) is 0.639. The van der Waals surface area contributed by atoms with Crippen molar-refractivity contribution in [2.24, 2.45) is 0 Å². The third-order valence-electron chi connectivity index (χ3n) is 3.95. The number of carbonyl (C=O) groups excluding carboxylic acids is 2. The van der Waals surface area contributed by atoms with Crippen molar-refractivity contribution < 1.29 is 9.59 Å². The lowest BCUT2D eigenvalue weighted by Crippen LogP contribution is -2.58. The molecule has 0 saturated carbocycles. The smallest absolute Gasteiger partial charge is 0.237 e. The molecular weight excluding hydrogens is 280 g/mol. The zero-order chi connectivity index (χ0) is 16.1. The SMILES string of the molecule is CC(C)N1CCNC(=O)C1CC(=O)N(C)Cc1ccccn1. The molecule has 2 rings (SSSR count). The molecule has 1 saturated heterocycles. The molecule has 0 spiro atoms. The van der Waals surface area contributed by atoms with Crippen LogP contribution in [0.5, 0.6) is 0 Å². The van der Waals surface area contributed by atoms with E-state index in [0.717, 1.165) is 12.2 Å². The van der Waals surface area contributed by atoms with E-state index in [1.54, 1.807) is 18.1 Å². The topological polar surface area (TPSA) is 65.5 Å². The Morgan fingerprint density at radius 3 is 2.91 bits per heavy atom. The molecule has 2 amide bonds. The summed E-state index contributed by atoms with van der Waals surface area (Å²) >= 11 is 0. The first-order chi connectivity index (χ1) is 10.5. The Kier molecular flexibility index (Phi) is 5.49. The largest absolute Gasteiger partial charge is 0.353 e. The van der Waals surface area contributed by atoms with Crippen molar-refractivity contribution in [2.45, 2.75) is 38.9 Å². The zero-order valence-corrected chi connectivity index (χ0v) is 13.5. The molecule has 1 aliphatic heterocycles. The second-order valence-corrected chi connectivity index (χ2v) is 5.91. The van der Waals surface area contributed by atoms with Gasteiger partial charge in [0.05, 0.1) is 24.7 Å². The molecule has 6 nitrogen and oxygen atoms in total. The normalized spacial score (nSPS) is 19.1. The highest BCUT2D eigenvalue weighted by Crippen LogP contribution is 2.14. The second-order valence-electron chi connectivity index (χ2n) is 5.91. The van der Waals surface area contributed by atoms with Crippen LogP contribution in [0.3, 0.4) is 0 Å². The van der Waals surface area contributed by atoms with Crippen LogP contribution in [0.25, 0.3) is 0 Å². The van der Waals surface area contributed by atoms with Gasteiger partial charge in [-0.1, -0.05) is 6.07 Å². The van der Waals surface area contributed by atoms with Gasteiger partial charge in [0.1, 0.15) is 0 Å². The van der Waals surface area contributed by atoms with E-state index in [2.05, 4.69) is 15.2 Å². The molecule has 0 bridgehead atoms. The molecule has 0 aromatic carbocycles. The van der Waals surface area contributed by atoms with E-state index in [1.807, 2.05) is 32.0 Å². The molecule has 2 heterocycles. The molecule has 120 valence electrons. The van der Waals surface area contributed by atoms with Crippen LogP contribution in [0.4, 0.5) is 0 Å². The Morgan fingerprint density at radius 1 is 1.50 bits per heavy atom. The molecule has 1 aromatic rings. The van der Waals surface area contributed by atoms with Crippen molar-refractivity contribution in [3.05, 3.63) is 30.1 Å². The standard InChI is InChI=1S/C16H24N4O2/c1-12(2)20-9-8-18-16(22)14(20)10-15(21)19(3)11-13-6-4-5-7-17-13/h4-7,12,14H,8-11H2,1-3H3,(H,18,22). The van der Waals surface area contributed by atoms with Gasteiger partial charge in [-0.15, -0.1) is 0 Å². The molecule has 1 unspecified atom stereocenters. The van der Waals surface area contributed by atoms with Crippen molar-refractivity contribution in [3.8, 4) is 0 Å². The van der Waals surface area contributed by atoms with E-state index < -0.39 is 0 Å². The number of amides is 2. The minimum atomic E-state index is -0.382. The maximum absolute atomic E-state index is 12.4. The summed E-state index contributed by atoms with van der Waals surface area (Å²) in [5, 5.41) is 2.85. The summed E-state index contributed by atoms with van der Waals surface area (Å²) in [6.07, 6.45) is 1.91. The molecule has 1 aliphatic rings. The monoisotopic (exact) mass is 304 g/mol. The van der Waals surface area contributed by atoms with Gasteiger partial charge in [-0.05, 0) is 26.0 Å². The summed E-state index contributed by atoms with van der Waals surface area (Å²) in [4.78, 5) is 32.4. The average Bonchev–Trinajstić information content (AvgIpc) is 2.49. The Balaban J connectivity index is 1.98. The Morgan fingerprint density at radius 2 is 2.27 bits per heavy atom. The van der Waals surface area contributed by atoms with E-state index in [1.165, 1.54) is 0 Å². The number of carbonyl (C=O) groups is 2.